The van der Waals surface area contributed by atoms with Crippen molar-refractivity contribution >= 4 is 10.0 Å². The summed E-state index contributed by atoms with van der Waals surface area (Å²) < 4.78 is 74.1. The van der Waals surface area contributed by atoms with Crippen LogP contribution >= 0.6 is 0 Å². The lowest BCUT2D eigenvalue weighted by atomic mass is 9.82. The maximum Gasteiger partial charge on any atom is 0.511 e. The second-order valence-corrected chi connectivity index (χ2v) is 9.51. The zero-order valence-corrected chi connectivity index (χ0v) is 17.8. The van der Waals surface area contributed by atoms with Gasteiger partial charge < -0.3 is 14.8 Å². The van der Waals surface area contributed by atoms with Gasteiger partial charge in [0.05, 0.1) is 19.3 Å². The maximum atomic E-state index is 12.6. The van der Waals surface area contributed by atoms with Crippen LogP contribution in [0.5, 0.6) is 5.75 Å². The van der Waals surface area contributed by atoms with Gasteiger partial charge in [0.1, 0.15) is 5.75 Å². The number of halogens is 3. The van der Waals surface area contributed by atoms with Gasteiger partial charge in [0.15, 0.2) is 0 Å². The van der Waals surface area contributed by atoms with E-state index in [2.05, 4.69) is 11.4 Å². The third-order valence-corrected chi connectivity index (χ3v) is 7.03. The third kappa shape index (κ3) is 5.66. The smallest absolute Gasteiger partial charge is 0.494 e. The van der Waals surface area contributed by atoms with Crippen molar-refractivity contribution in [3.63, 3.8) is 0 Å². The van der Waals surface area contributed by atoms with Crippen LogP contribution < -0.4 is 14.8 Å². The van der Waals surface area contributed by atoms with Crippen LogP contribution in [0.25, 0.3) is 0 Å². The number of alkyl halides is 3. The summed E-state index contributed by atoms with van der Waals surface area (Å²) in [6, 6.07) is 6.74. The molecular weight excluding hydrogens is 421 g/mol. The Morgan fingerprint density at radius 3 is 2.50 bits per heavy atom. The Balaban J connectivity index is 1.49. The van der Waals surface area contributed by atoms with Crippen molar-refractivity contribution in [3.05, 3.63) is 29.8 Å². The van der Waals surface area contributed by atoms with Gasteiger partial charge in [0.2, 0.25) is 0 Å². The Hall–Kier alpha value is -1.36. The largest absolute Gasteiger partial charge is 0.511 e. The van der Waals surface area contributed by atoms with E-state index in [9.17, 15) is 21.6 Å². The first-order valence-corrected chi connectivity index (χ1v) is 11.8. The molecule has 2 aliphatic rings. The molecule has 1 aliphatic heterocycles. The van der Waals surface area contributed by atoms with E-state index in [0.29, 0.717) is 25.5 Å². The first kappa shape index (κ1) is 23.3. The summed E-state index contributed by atoms with van der Waals surface area (Å²) in [6.07, 6.45) is 3.88. The Labute approximate surface area is 175 Å². The second kappa shape index (κ2) is 9.84. The molecule has 1 saturated heterocycles. The van der Waals surface area contributed by atoms with E-state index < -0.39 is 27.6 Å². The molecule has 0 unspecified atom stereocenters. The average molecular weight is 451 g/mol. The molecule has 1 aromatic rings. The lowest BCUT2D eigenvalue weighted by Crippen LogP contribution is -2.49. The van der Waals surface area contributed by atoms with E-state index in [1.807, 2.05) is 25.1 Å². The van der Waals surface area contributed by atoms with E-state index in [1.165, 1.54) is 5.56 Å². The number of rotatable bonds is 8. The molecule has 1 aromatic carbocycles. The zero-order valence-electron chi connectivity index (χ0n) is 17.0. The Morgan fingerprint density at radius 2 is 1.83 bits per heavy atom. The number of ether oxygens (including phenoxy) is 2. The van der Waals surface area contributed by atoms with Crippen LogP contribution in [0.15, 0.2) is 24.3 Å². The molecule has 2 atom stereocenters. The van der Waals surface area contributed by atoms with Crippen molar-refractivity contribution in [2.24, 2.45) is 0 Å². The summed E-state index contributed by atoms with van der Waals surface area (Å²) in [5, 5.41) is 3.04. The lowest BCUT2D eigenvalue weighted by Gasteiger charge is -2.31. The monoisotopic (exact) mass is 450 g/mol. The molecule has 3 rings (SSSR count). The molecule has 2 fully saturated rings. The Bertz CT molecular complexity index is 795. The van der Waals surface area contributed by atoms with Crippen LogP contribution in [-0.4, -0.2) is 51.9 Å². The second-order valence-electron chi connectivity index (χ2n) is 7.80. The summed E-state index contributed by atoms with van der Waals surface area (Å²) in [5.41, 5.74) is -4.10. The Morgan fingerprint density at radius 1 is 1.13 bits per heavy atom. The van der Waals surface area contributed by atoms with Crippen LogP contribution in [0.3, 0.4) is 0 Å². The van der Waals surface area contributed by atoms with Gasteiger partial charge in [-0.3, -0.25) is 0 Å². The fraction of sp³-hybridized carbons (Fsp3) is 0.700. The molecule has 1 saturated carbocycles. The molecule has 0 bridgehead atoms. The van der Waals surface area contributed by atoms with Gasteiger partial charge in [-0.15, -0.1) is 0 Å². The highest BCUT2D eigenvalue weighted by atomic mass is 32.2. The maximum absolute atomic E-state index is 12.6. The van der Waals surface area contributed by atoms with Gasteiger partial charge in [-0.25, -0.2) is 13.1 Å². The molecule has 2 N–H and O–H groups in total. The van der Waals surface area contributed by atoms with E-state index in [4.69, 9.17) is 9.47 Å². The molecule has 0 aromatic heterocycles. The minimum absolute atomic E-state index is 0.0165. The highest BCUT2D eigenvalue weighted by Crippen LogP contribution is 2.38. The summed E-state index contributed by atoms with van der Waals surface area (Å²) in [4.78, 5) is 0. The topological polar surface area (TPSA) is 76.7 Å². The van der Waals surface area contributed by atoms with Gasteiger partial charge in [0.25, 0.3) is 0 Å². The Kier molecular flexibility index (Phi) is 7.65. The summed E-state index contributed by atoms with van der Waals surface area (Å²) in [6.45, 7) is 3.19. The first-order chi connectivity index (χ1) is 14.2. The minimum atomic E-state index is -5.36. The van der Waals surface area contributed by atoms with Gasteiger partial charge >= 0.3 is 15.5 Å². The molecule has 0 amide bonds. The highest BCUT2D eigenvalue weighted by Gasteiger charge is 2.48. The first-order valence-electron chi connectivity index (χ1n) is 10.4. The molecule has 30 heavy (non-hydrogen) atoms. The van der Waals surface area contributed by atoms with Crippen molar-refractivity contribution in [1.82, 2.24) is 10.0 Å². The number of hydrogen-bond donors (Lipinski definition) is 2. The summed E-state index contributed by atoms with van der Waals surface area (Å²) >= 11 is 0. The molecule has 1 aliphatic carbocycles. The predicted molar refractivity (Wildman–Crippen MR) is 107 cm³/mol. The molecule has 10 heteroatoms. The SMILES string of the molecule is CCOc1ccccc1C1CCC(OC[C@@H]2NCC[C@@H]2NS(=O)(=O)C(F)(F)F)CC1. The molecule has 170 valence electrons. The number of benzene rings is 1. The van der Waals surface area contributed by atoms with Crippen LogP contribution in [0.2, 0.25) is 0 Å². The number of nitrogens with one attached hydrogen (secondary N) is 2. The van der Waals surface area contributed by atoms with Crippen molar-refractivity contribution in [3.8, 4) is 5.75 Å². The normalized spacial score (nSPS) is 27.9. The van der Waals surface area contributed by atoms with Gasteiger partial charge in [-0.1, -0.05) is 18.2 Å². The van der Waals surface area contributed by atoms with E-state index in [-0.39, 0.29) is 12.7 Å². The van der Waals surface area contributed by atoms with E-state index in [0.717, 1.165) is 31.4 Å². The highest BCUT2D eigenvalue weighted by molar-refractivity contribution is 7.90. The van der Waals surface area contributed by atoms with Crippen LogP contribution in [-0.2, 0) is 14.8 Å². The fourth-order valence-electron chi connectivity index (χ4n) is 4.23. The standard InChI is InChI=1S/C20H29F3N2O4S/c1-2-28-19-6-4-3-5-16(19)14-7-9-15(10-8-14)29-13-18-17(11-12-24-18)25-30(26,27)20(21,22)23/h3-6,14-15,17-18,24-25H,2,7-13H2,1H3/t14?,15?,17-,18-/m0/s1. The fourth-order valence-corrected chi connectivity index (χ4v) is 5.05. The number of hydrogen-bond acceptors (Lipinski definition) is 5. The molecule has 0 radical (unpaired) electrons. The lowest BCUT2D eigenvalue weighted by molar-refractivity contribution is -0.0454. The number of para-hydroxylation sites is 1. The summed E-state index contributed by atoms with van der Waals surface area (Å²) in [5.74, 6) is 1.31. The van der Waals surface area contributed by atoms with E-state index in [1.54, 1.807) is 4.72 Å². The van der Waals surface area contributed by atoms with Crippen molar-refractivity contribution in [1.29, 1.82) is 0 Å². The number of sulfonamides is 1. The van der Waals surface area contributed by atoms with Crippen molar-refractivity contribution in [2.75, 3.05) is 19.8 Å². The van der Waals surface area contributed by atoms with Crippen molar-refractivity contribution in [2.45, 2.75) is 68.6 Å². The summed E-state index contributed by atoms with van der Waals surface area (Å²) in [7, 11) is -5.36. The van der Waals surface area contributed by atoms with E-state index >= 15 is 0 Å². The average Bonchev–Trinajstić information content (AvgIpc) is 3.13. The molecule has 0 spiro atoms. The zero-order chi connectivity index (χ0) is 21.8. The molecule has 1 heterocycles. The van der Waals surface area contributed by atoms with Gasteiger partial charge in [0, 0.05) is 12.1 Å². The third-order valence-electron chi connectivity index (χ3n) is 5.80. The van der Waals surface area contributed by atoms with Crippen molar-refractivity contribution < 1.29 is 31.1 Å². The minimum Gasteiger partial charge on any atom is -0.494 e. The molecule has 6 nitrogen and oxygen atoms in total. The van der Waals surface area contributed by atoms with Crippen LogP contribution in [0.1, 0.15) is 50.5 Å². The predicted octanol–water partition coefficient (Wildman–Crippen LogP) is 3.30. The molecular formula is C20H29F3N2O4S. The van der Waals surface area contributed by atoms with Crippen LogP contribution in [0.4, 0.5) is 13.2 Å². The van der Waals surface area contributed by atoms with Gasteiger partial charge in [-0.2, -0.15) is 13.2 Å². The quantitative estimate of drug-likeness (QED) is 0.636. The van der Waals surface area contributed by atoms with Gasteiger partial charge in [-0.05, 0) is 63.1 Å². The van der Waals surface area contributed by atoms with Crippen LogP contribution in [0, 0.1) is 0 Å².